The number of aryl methyl sites for hydroxylation is 1. The van der Waals surface area contributed by atoms with Crippen LogP contribution in [0.3, 0.4) is 0 Å². The van der Waals surface area contributed by atoms with Gasteiger partial charge in [0.25, 0.3) is 0 Å². The molecule has 0 radical (unpaired) electrons. The largest absolute Gasteiger partial charge is 0.323 e. The van der Waals surface area contributed by atoms with Crippen molar-refractivity contribution in [1.82, 2.24) is 19.7 Å². The fourth-order valence-corrected chi connectivity index (χ4v) is 1.94. The first-order valence-electron chi connectivity index (χ1n) is 4.90. The monoisotopic (exact) mass is 235 g/mol. The molecule has 5 nitrogen and oxygen atoms in total. The van der Waals surface area contributed by atoms with Gasteiger partial charge in [-0.1, -0.05) is 0 Å². The van der Waals surface area contributed by atoms with Crippen LogP contribution in [0, 0.1) is 0 Å². The van der Waals surface area contributed by atoms with Gasteiger partial charge in [0.05, 0.1) is 5.69 Å². The van der Waals surface area contributed by atoms with Crippen molar-refractivity contribution in [3.63, 3.8) is 0 Å². The van der Waals surface area contributed by atoms with Crippen LogP contribution in [0.15, 0.2) is 34.7 Å². The van der Waals surface area contributed by atoms with Gasteiger partial charge in [-0.05, 0) is 30.8 Å². The number of hydrogen-bond acceptors (Lipinski definition) is 5. The van der Waals surface area contributed by atoms with Crippen molar-refractivity contribution in [1.29, 1.82) is 0 Å². The second-order valence-electron chi connectivity index (χ2n) is 3.48. The Bertz CT molecular complexity index is 462. The maximum atomic E-state index is 5.73. The number of nitrogens with zero attached hydrogens (tertiary/aromatic N) is 4. The zero-order valence-electron chi connectivity index (χ0n) is 9.16. The second-order valence-corrected chi connectivity index (χ2v) is 4.52. The van der Waals surface area contributed by atoms with Gasteiger partial charge in [0.2, 0.25) is 0 Å². The minimum absolute atomic E-state index is 0.0334. The molecule has 0 fully saturated rings. The summed E-state index contributed by atoms with van der Waals surface area (Å²) < 4.78 is 1.73. The Morgan fingerprint density at radius 3 is 2.69 bits per heavy atom. The van der Waals surface area contributed by atoms with Gasteiger partial charge in [0.15, 0.2) is 5.16 Å². The Hall–Kier alpha value is -1.40. The molecule has 0 saturated heterocycles. The lowest BCUT2D eigenvalue weighted by Gasteiger charge is -2.05. The topological polar surface area (TPSA) is 69.6 Å². The van der Waals surface area contributed by atoms with E-state index in [1.807, 2.05) is 26.1 Å². The Morgan fingerprint density at radius 1 is 1.38 bits per heavy atom. The Balaban J connectivity index is 2.14. The molecule has 6 heteroatoms. The maximum Gasteiger partial charge on any atom is 0.190 e. The number of pyridine rings is 1. The summed E-state index contributed by atoms with van der Waals surface area (Å²) in [4.78, 5) is 9.44. The van der Waals surface area contributed by atoms with Crippen LogP contribution in [-0.2, 0) is 7.05 Å². The highest BCUT2D eigenvalue weighted by atomic mass is 32.2. The van der Waals surface area contributed by atoms with E-state index >= 15 is 0 Å². The van der Waals surface area contributed by atoms with Gasteiger partial charge < -0.3 is 5.73 Å². The molecule has 0 aromatic carbocycles. The molecule has 0 bridgehead atoms. The Morgan fingerprint density at radius 2 is 2.19 bits per heavy atom. The van der Waals surface area contributed by atoms with E-state index in [4.69, 9.17) is 5.73 Å². The summed E-state index contributed by atoms with van der Waals surface area (Å²) in [6, 6.07) is 3.89. The fraction of sp³-hybridized carbons (Fsp3) is 0.300. The van der Waals surface area contributed by atoms with Crippen LogP contribution in [0.1, 0.15) is 18.7 Å². The first-order chi connectivity index (χ1) is 7.66. The van der Waals surface area contributed by atoms with Crippen LogP contribution in [0.2, 0.25) is 0 Å². The lowest BCUT2D eigenvalue weighted by Crippen LogP contribution is -2.06. The highest BCUT2D eigenvalue weighted by Gasteiger charge is 2.05. The number of rotatable bonds is 3. The predicted molar refractivity (Wildman–Crippen MR) is 62.0 cm³/mol. The molecule has 2 rings (SSSR count). The van der Waals surface area contributed by atoms with E-state index in [1.165, 1.54) is 18.1 Å². The van der Waals surface area contributed by atoms with Crippen LogP contribution in [0.25, 0.3) is 0 Å². The molecule has 2 aromatic rings. The average Bonchev–Trinajstić information content (AvgIpc) is 2.65. The normalized spacial score (nSPS) is 12.7. The zero-order valence-corrected chi connectivity index (χ0v) is 9.98. The van der Waals surface area contributed by atoms with E-state index in [2.05, 4.69) is 15.1 Å². The molecule has 2 N–H and O–H groups in total. The maximum absolute atomic E-state index is 5.73. The summed E-state index contributed by atoms with van der Waals surface area (Å²) in [6.07, 6.45) is 3.34. The van der Waals surface area contributed by atoms with Gasteiger partial charge in [-0.3, -0.25) is 4.98 Å². The third kappa shape index (κ3) is 2.40. The van der Waals surface area contributed by atoms with Crippen molar-refractivity contribution in [2.45, 2.75) is 23.0 Å². The summed E-state index contributed by atoms with van der Waals surface area (Å²) in [7, 11) is 1.86. The third-order valence-electron chi connectivity index (χ3n) is 2.10. The Labute approximate surface area is 98.1 Å². The van der Waals surface area contributed by atoms with E-state index in [0.717, 1.165) is 15.7 Å². The summed E-state index contributed by atoms with van der Waals surface area (Å²) in [6.45, 7) is 1.91. The van der Waals surface area contributed by atoms with Gasteiger partial charge in [-0.2, -0.15) is 5.10 Å². The van der Waals surface area contributed by atoms with Crippen molar-refractivity contribution in [3.8, 4) is 0 Å². The molecule has 2 heterocycles. The SMILES string of the molecule is C[C@@H](N)c1ccc(Sc2ncnn2C)cn1. The summed E-state index contributed by atoms with van der Waals surface area (Å²) in [5, 5.41) is 4.85. The van der Waals surface area contributed by atoms with E-state index in [1.54, 1.807) is 10.9 Å². The van der Waals surface area contributed by atoms with E-state index in [0.29, 0.717) is 0 Å². The van der Waals surface area contributed by atoms with Gasteiger partial charge in [-0.15, -0.1) is 0 Å². The van der Waals surface area contributed by atoms with Crippen molar-refractivity contribution in [2.75, 3.05) is 0 Å². The van der Waals surface area contributed by atoms with Gasteiger partial charge in [0, 0.05) is 24.2 Å². The number of hydrogen-bond donors (Lipinski definition) is 1. The third-order valence-corrected chi connectivity index (χ3v) is 3.13. The van der Waals surface area contributed by atoms with Crippen molar-refractivity contribution in [3.05, 3.63) is 30.4 Å². The molecular formula is C10H13N5S. The summed E-state index contributed by atoms with van der Waals surface area (Å²) >= 11 is 1.53. The molecular weight excluding hydrogens is 222 g/mol. The molecule has 16 heavy (non-hydrogen) atoms. The first kappa shape index (κ1) is 11.1. The summed E-state index contributed by atoms with van der Waals surface area (Å²) in [5.74, 6) is 0. The standard InChI is InChI=1S/C10H13N5S/c1-7(11)9-4-3-8(5-12-9)16-10-13-6-14-15(10)2/h3-7H,11H2,1-2H3/t7-/m1/s1. The first-order valence-corrected chi connectivity index (χ1v) is 5.72. The molecule has 84 valence electrons. The van der Waals surface area contributed by atoms with Crippen LogP contribution in [0.4, 0.5) is 0 Å². The molecule has 0 aliphatic rings. The molecule has 0 unspecified atom stereocenters. The van der Waals surface area contributed by atoms with Crippen molar-refractivity contribution < 1.29 is 0 Å². The quantitative estimate of drug-likeness (QED) is 0.870. The highest BCUT2D eigenvalue weighted by Crippen LogP contribution is 2.24. The Kier molecular flexibility index (Phi) is 3.21. The number of aromatic nitrogens is 4. The minimum Gasteiger partial charge on any atom is -0.323 e. The summed E-state index contributed by atoms with van der Waals surface area (Å²) in [5.41, 5.74) is 6.62. The van der Waals surface area contributed by atoms with Gasteiger partial charge >= 0.3 is 0 Å². The molecule has 0 saturated carbocycles. The van der Waals surface area contributed by atoms with Crippen molar-refractivity contribution in [2.24, 2.45) is 12.8 Å². The highest BCUT2D eigenvalue weighted by molar-refractivity contribution is 7.99. The lowest BCUT2D eigenvalue weighted by atomic mass is 10.2. The van der Waals surface area contributed by atoms with E-state index < -0.39 is 0 Å². The molecule has 0 aliphatic carbocycles. The minimum atomic E-state index is -0.0334. The van der Waals surface area contributed by atoms with Crippen molar-refractivity contribution >= 4 is 11.8 Å². The predicted octanol–water partition coefficient (Wildman–Crippen LogP) is 1.38. The molecule has 0 aliphatic heterocycles. The van der Waals surface area contributed by atoms with Crippen LogP contribution < -0.4 is 5.73 Å². The fourth-order valence-electron chi connectivity index (χ4n) is 1.20. The van der Waals surface area contributed by atoms with Crippen LogP contribution >= 0.6 is 11.8 Å². The van der Waals surface area contributed by atoms with Gasteiger partial charge in [0.1, 0.15) is 6.33 Å². The smallest absolute Gasteiger partial charge is 0.190 e. The lowest BCUT2D eigenvalue weighted by molar-refractivity contribution is 0.685. The van der Waals surface area contributed by atoms with Crippen LogP contribution in [-0.4, -0.2) is 19.7 Å². The number of nitrogens with two attached hydrogens (primary N) is 1. The second kappa shape index (κ2) is 4.63. The van der Waals surface area contributed by atoms with E-state index in [-0.39, 0.29) is 6.04 Å². The molecule has 0 spiro atoms. The zero-order chi connectivity index (χ0) is 11.5. The van der Waals surface area contributed by atoms with E-state index in [9.17, 15) is 0 Å². The molecule has 2 aromatic heterocycles. The van der Waals surface area contributed by atoms with Gasteiger partial charge in [-0.25, -0.2) is 9.67 Å². The molecule has 0 amide bonds. The molecule has 1 atom stereocenters. The van der Waals surface area contributed by atoms with Crippen LogP contribution in [0.5, 0.6) is 0 Å². The average molecular weight is 235 g/mol.